The van der Waals surface area contributed by atoms with Gasteiger partial charge in [-0.05, 0) is 26.0 Å². The Balaban J connectivity index is 3.02. The fraction of sp³-hybridized carbons (Fsp3) is 0.273. The predicted octanol–water partition coefficient (Wildman–Crippen LogP) is 2.44. The highest BCUT2D eigenvalue weighted by Crippen LogP contribution is 2.25. The Labute approximate surface area is 97.1 Å². The first-order chi connectivity index (χ1) is 7.56. The first-order valence-corrected chi connectivity index (χ1v) is 5.27. The van der Waals surface area contributed by atoms with Crippen LogP contribution in [0.4, 0.5) is 0 Å². The van der Waals surface area contributed by atoms with Crippen LogP contribution in [0.3, 0.4) is 0 Å². The van der Waals surface area contributed by atoms with E-state index >= 15 is 0 Å². The standard InChI is InChI=1S/C11H10ClN3O/c1-6(2)15-10-7(5-13)8(12)3-4-9(10)14-11(15)16/h3-4,6H,1-2H3,(H,14,16). The molecule has 0 unspecified atom stereocenters. The van der Waals surface area contributed by atoms with Gasteiger partial charge in [0.05, 0.1) is 21.6 Å². The van der Waals surface area contributed by atoms with E-state index in [0.29, 0.717) is 21.6 Å². The summed E-state index contributed by atoms with van der Waals surface area (Å²) in [4.78, 5) is 14.4. The Morgan fingerprint density at radius 3 is 2.75 bits per heavy atom. The predicted molar refractivity (Wildman–Crippen MR) is 62.7 cm³/mol. The third-order valence-electron chi connectivity index (χ3n) is 2.46. The van der Waals surface area contributed by atoms with E-state index < -0.39 is 0 Å². The number of aromatic amines is 1. The van der Waals surface area contributed by atoms with Gasteiger partial charge in [0.25, 0.3) is 0 Å². The minimum atomic E-state index is -0.219. The van der Waals surface area contributed by atoms with Crippen LogP contribution in [0.15, 0.2) is 16.9 Å². The minimum Gasteiger partial charge on any atom is -0.305 e. The summed E-state index contributed by atoms with van der Waals surface area (Å²) < 4.78 is 1.54. The molecule has 0 spiro atoms. The lowest BCUT2D eigenvalue weighted by Gasteiger charge is -2.08. The van der Waals surface area contributed by atoms with Crippen LogP contribution in [0, 0.1) is 11.3 Å². The van der Waals surface area contributed by atoms with Gasteiger partial charge in [-0.2, -0.15) is 5.26 Å². The molecule has 16 heavy (non-hydrogen) atoms. The second-order valence-corrected chi connectivity index (χ2v) is 4.23. The first-order valence-electron chi connectivity index (χ1n) is 4.89. The van der Waals surface area contributed by atoms with Crippen molar-refractivity contribution in [3.05, 3.63) is 33.2 Å². The third kappa shape index (κ3) is 1.41. The molecule has 0 aliphatic carbocycles. The zero-order chi connectivity index (χ0) is 11.9. The van der Waals surface area contributed by atoms with Crippen molar-refractivity contribution in [3.8, 4) is 6.07 Å². The van der Waals surface area contributed by atoms with Crippen molar-refractivity contribution in [2.75, 3.05) is 0 Å². The number of H-pyrrole nitrogens is 1. The highest BCUT2D eigenvalue weighted by molar-refractivity contribution is 6.32. The Morgan fingerprint density at radius 1 is 1.50 bits per heavy atom. The maximum Gasteiger partial charge on any atom is 0.326 e. The Morgan fingerprint density at radius 2 is 2.19 bits per heavy atom. The molecule has 0 amide bonds. The van der Waals surface area contributed by atoms with E-state index in [4.69, 9.17) is 16.9 Å². The molecule has 0 fully saturated rings. The summed E-state index contributed by atoms with van der Waals surface area (Å²) in [7, 11) is 0. The lowest BCUT2D eigenvalue weighted by Crippen LogP contribution is -2.18. The second kappa shape index (κ2) is 3.69. The van der Waals surface area contributed by atoms with E-state index in [1.807, 2.05) is 19.9 Å². The van der Waals surface area contributed by atoms with Crippen molar-refractivity contribution in [1.29, 1.82) is 5.26 Å². The molecule has 0 radical (unpaired) electrons. The first kappa shape index (κ1) is 10.8. The van der Waals surface area contributed by atoms with Crippen LogP contribution in [0.2, 0.25) is 5.02 Å². The number of nitriles is 1. The van der Waals surface area contributed by atoms with Crippen molar-refractivity contribution in [2.24, 2.45) is 0 Å². The number of hydrogen-bond donors (Lipinski definition) is 1. The topological polar surface area (TPSA) is 61.6 Å². The van der Waals surface area contributed by atoms with Crippen molar-refractivity contribution in [1.82, 2.24) is 9.55 Å². The molecule has 2 rings (SSSR count). The molecule has 0 saturated heterocycles. The summed E-state index contributed by atoms with van der Waals surface area (Å²) in [5.74, 6) is 0. The number of aromatic nitrogens is 2. The molecule has 1 aromatic carbocycles. The van der Waals surface area contributed by atoms with Gasteiger partial charge in [-0.25, -0.2) is 4.79 Å². The summed E-state index contributed by atoms with van der Waals surface area (Å²) in [6.07, 6.45) is 0. The summed E-state index contributed by atoms with van der Waals surface area (Å²) >= 11 is 5.94. The van der Waals surface area contributed by atoms with E-state index in [9.17, 15) is 4.79 Å². The van der Waals surface area contributed by atoms with Crippen LogP contribution in [-0.4, -0.2) is 9.55 Å². The summed E-state index contributed by atoms with van der Waals surface area (Å²) in [6.45, 7) is 3.77. The van der Waals surface area contributed by atoms with Crippen LogP contribution < -0.4 is 5.69 Å². The van der Waals surface area contributed by atoms with Crippen molar-refractivity contribution >= 4 is 22.6 Å². The van der Waals surface area contributed by atoms with Gasteiger partial charge in [-0.15, -0.1) is 0 Å². The molecule has 2 aromatic rings. The van der Waals surface area contributed by atoms with Crippen LogP contribution in [-0.2, 0) is 0 Å². The maximum absolute atomic E-state index is 11.7. The van der Waals surface area contributed by atoms with Gasteiger partial charge in [0.1, 0.15) is 6.07 Å². The number of imidazole rings is 1. The van der Waals surface area contributed by atoms with E-state index in [1.165, 1.54) is 0 Å². The number of nitrogens with zero attached hydrogens (tertiary/aromatic N) is 2. The van der Waals surface area contributed by atoms with Gasteiger partial charge in [0, 0.05) is 6.04 Å². The zero-order valence-electron chi connectivity index (χ0n) is 8.91. The largest absolute Gasteiger partial charge is 0.326 e. The highest BCUT2D eigenvalue weighted by atomic mass is 35.5. The number of rotatable bonds is 1. The summed E-state index contributed by atoms with van der Waals surface area (Å²) in [6, 6.07) is 5.33. The molecule has 0 aliphatic rings. The quantitative estimate of drug-likeness (QED) is 0.825. The van der Waals surface area contributed by atoms with Crippen LogP contribution in [0.1, 0.15) is 25.5 Å². The molecule has 4 nitrogen and oxygen atoms in total. The molecule has 0 aliphatic heterocycles. The molecule has 82 valence electrons. The maximum atomic E-state index is 11.7. The normalized spacial score (nSPS) is 10.9. The van der Waals surface area contributed by atoms with E-state index in [1.54, 1.807) is 16.7 Å². The highest BCUT2D eigenvalue weighted by Gasteiger charge is 2.15. The Hall–Kier alpha value is -1.73. The molecular formula is C11H10ClN3O. The molecule has 0 bridgehead atoms. The van der Waals surface area contributed by atoms with Gasteiger partial charge >= 0.3 is 5.69 Å². The SMILES string of the molecule is CC(C)n1c(=O)[nH]c2ccc(Cl)c(C#N)c21. The average Bonchev–Trinajstić information content (AvgIpc) is 2.54. The zero-order valence-corrected chi connectivity index (χ0v) is 9.67. The van der Waals surface area contributed by atoms with Gasteiger partial charge < -0.3 is 4.98 Å². The van der Waals surface area contributed by atoms with E-state index in [-0.39, 0.29) is 11.7 Å². The molecular weight excluding hydrogens is 226 g/mol. The van der Waals surface area contributed by atoms with Crippen LogP contribution >= 0.6 is 11.6 Å². The Kier molecular flexibility index (Phi) is 2.49. The molecule has 0 atom stereocenters. The van der Waals surface area contributed by atoms with Gasteiger partial charge in [0.2, 0.25) is 0 Å². The minimum absolute atomic E-state index is 0.0215. The van der Waals surface area contributed by atoms with Crippen molar-refractivity contribution < 1.29 is 0 Å². The fourth-order valence-electron chi connectivity index (χ4n) is 1.79. The smallest absolute Gasteiger partial charge is 0.305 e. The van der Waals surface area contributed by atoms with Gasteiger partial charge in [-0.3, -0.25) is 4.57 Å². The van der Waals surface area contributed by atoms with Crippen molar-refractivity contribution in [3.63, 3.8) is 0 Å². The lowest BCUT2D eigenvalue weighted by molar-refractivity contribution is 0.597. The lowest BCUT2D eigenvalue weighted by atomic mass is 10.2. The number of benzene rings is 1. The van der Waals surface area contributed by atoms with Gasteiger partial charge in [0.15, 0.2) is 0 Å². The van der Waals surface area contributed by atoms with E-state index in [2.05, 4.69) is 4.98 Å². The summed E-state index contributed by atoms with van der Waals surface area (Å²) in [5, 5.41) is 9.43. The number of nitrogens with one attached hydrogen (secondary N) is 1. The van der Waals surface area contributed by atoms with Crippen molar-refractivity contribution in [2.45, 2.75) is 19.9 Å². The second-order valence-electron chi connectivity index (χ2n) is 3.82. The van der Waals surface area contributed by atoms with Crippen LogP contribution in [0.5, 0.6) is 0 Å². The third-order valence-corrected chi connectivity index (χ3v) is 2.77. The van der Waals surface area contributed by atoms with Crippen LogP contribution in [0.25, 0.3) is 11.0 Å². The molecule has 5 heteroatoms. The number of hydrogen-bond acceptors (Lipinski definition) is 2. The average molecular weight is 236 g/mol. The molecule has 0 saturated carbocycles. The van der Waals surface area contributed by atoms with E-state index in [0.717, 1.165) is 0 Å². The monoisotopic (exact) mass is 235 g/mol. The number of halogens is 1. The fourth-order valence-corrected chi connectivity index (χ4v) is 1.99. The summed E-state index contributed by atoms with van der Waals surface area (Å²) in [5.41, 5.74) is 1.34. The molecule has 1 N–H and O–H groups in total. The molecule has 1 aromatic heterocycles. The molecule has 1 heterocycles. The van der Waals surface area contributed by atoms with Gasteiger partial charge in [-0.1, -0.05) is 11.6 Å². The Bertz CT molecular complexity index is 646. The number of fused-ring (bicyclic) bond motifs is 1.